The SMILES string of the molecule is Cc1ccccc1-n1nc(C(C)(C)C)cc1NC(=O)CN(Cc1ccccc1)C(=O)c1ccc(C)c([N+](=O)[O-])c1. The molecule has 0 bridgehead atoms. The molecule has 0 spiro atoms. The van der Waals surface area contributed by atoms with Crippen LogP contribution in [0, 0.1) is 24.0 Å². The Balaban J connectivity index is 1.66. The highest BCUT2D eigenvalue weighted by molar-refractivity contribution is 5.99. The summed E-state index contributed by atoms with van der Waals surface area (Å²) in [5.41, 5.74) is 3.63. The summed E-state index contributed by atoms with van der Waals surface area (Å²) in [4.78, 5) is 39.4. The molecule has 0 atom stereocenters. The number of hydrogen-bond donors (Lipinski definition) is 1. The monoisotopic (exact) mass is 539 g/mol. The first kappa shape index (κ1) is 28.2. The molecular weight excluding hydrogens is 506 g/mol. The van der Waals surface area contributed by atoms with E-state index in [2.05, 4.69) is 5.32 Å². The van der Waals surface area contributed by atoms with E-state index in [9.17, 15) is 19.7 Å². The van der Waals surface area contributed by atoms with Crippen molar-refractivity contribution in [3.63, 3.8) is 0 Å². The molecule has 4 rings (SSSR count). The molecule has 1 heterocycles. The number of anilines is 1. The number of carbonyl (C=O) groups is 2. The fraction of sp³-hybridized carbons (Fsp3) is 0.258. The lowest BCUT2D eigenvalue weighted by Gasteiger charge is -2.23. The largest absolute Gasteiger partial charge is 0.325 e. The minimum Gasteiger partial charge on any atom is -0.325 e. The van der Waals surface area contributed by atoms with Crippen molar-refractivity contribution < 1.29 is 14.5 Å². The molecule has 0 aliphatic heterocycles. The average molecular weight is 540 g/mol. The predicted octanol–water partition coefficient (Wildman–Crippen LogP) is 5.98. The van der Waals surface area contributed by atoms with Crippen LogP contribution in [0.4, 0.5) is 11.5 Å². The van der Waals surface area contributed by atoms with Crippen LogP contribution in [0.1, 0.15) is 53.5 Å². The van der Waals surface area contributed by atoms with Crippen molar-refractivity contribution in [3.05, 3.63) is 117 Å². The molecule has 0 aliphatic carbocycles. The predicted molar refractivity (Wildman–Crippen MR) is 155 cm³/mol. The van der Waals surface area contributed by atoms with Crippen molar-refractivity contribution in [2.24, 2.45) is 0 Å². The van der Waals surface area contributed by atoms with E-state index in [0.717, 1.165) is 22.5 Å². The molecule has 2 amide bonds. The fourth-order valence-electron chi connectivity index (χ4n) is 4.30. The highest BCUT2D eigenvalue weighted by Crippen LogP contribution is 2.28. The van der Waals surface area contributed by atoms with Crippen molar-refractivity contribution >= 4 is 23.3 Å². The number of benzene rings is 3. The van der Waals surface area contributed by atoms with Gasteiger partial charge in [-0.1, -0.05) is 75.4 Å². The van der Waals surface area contributed by atoms with Crippen LogP contribution < -0.4 is 5.32 Å². The van der Waals surface area contributed by atoms with Crippen LogP contribution in [-0.4, -0.2) is 38.0 Å². The molecule has 3 aromatic carbocycles. The van der Waals surface area contributed by atoms with Crippen LogP contribution in [0.5, 0.6) is 0 Å². The maximum Gasteiger partial charge on any atom is 0.273 e. The summed E-state index contributed by atoms with van der Waals surface area (Å²) in [6.45, 7) is 9.61. The van der Waals surface area contributed by atoms with E-state index >= 15 is 0 Å². The van der Waals surface area contributed by atoms with Gasteiger partial charge in [-0.05, 0) is 37.1 Å². The zero-order valence-electron chi connectivity index (χ0n) is 23.3. The first-order valence-corrected chi connectivity index (χ1v) is 13.0. The Morgan fingerprint density at radius 1 is 0.950 bits per heavy atom. The normalized spacial score (nSPS) is 11.2. The maximum absolute atomic E-state index is 13.6. The number of nitrogens with zero attached hydrogens (tertiary/aromatic N) is 4. The van der Waals surface area contributed by atoms with E-state index in [-0.39, 0.29) is 29.8 Å². The summed E-state index contributed by atoms with van der Waals surface area (Å²) in [7, 11) is 0. The first-order chi connectivity index (χ1) is 18.9. The lowest BCUT2D eigenvalue weighted by atomic mass is 9.92. The van der Waals surface area contributed by atoms with Gasteiger partial charge in [0.1, 0.15) is 12.4 Å². The molecule has 4 aromatic rings. The van der Waals surface area contributed by atoms with Gasteiger partial charge in [0.25, 0.3) is 11.6 Å². The summed E-state index contributed by atoms with van der Waals surface area (Å²) in [5, 5.41) is 19.2. The molecule has 0 unspecified atom stereocenters. The average Bonchev–Trinajstić information content (AvgIpc) is 3.33. The number of nitrogens with one attached hydrogen (secondary N) is 1. The number of hydrogen-bond acceptors (Lipinski definition) is 5. The van der Waals surface area contributed by atoms with Crippen molar-refractivity contribution in [1.82, 2.24) is 14.7 Å². The second-order valence-electron chi connectivity index (χ2n) is 10.8. The number of carbonyl (C=O) groups excluding carboxylic acids is 2. The standard InChI is InChI=1S/C31H33N5O4/c1-21-11-9-10-14-25(21)35-28(18-27(33-35)31(3,4)5)32-29(37)20-34(19-23-12-7-6-8-13-23)30(38)24-16-15-22(2)26(17-24)36(39)40/h6-18H,19-20H2,1-5H3,(H,32,37). The van der Waals surface area contributed by atoms with E-state index in [4.69, 9.17) is 5.10 Å². The van der Waals surface area contributed by atoms with Gasteiger partial charge in [-0.3, -0.25) is 19.7 Å². The van der Waals surface area contributed by atoms with Gasteiger partial charge in [-0.25, -0.2) is 4.68 Å². The molecular formula is C31H33N5O4. The number of nitro groups is 1. The molecule has 40 heavy (non-hydrogen) atoms. The van der Waals surface area contributed by atoms with Gasteiger partial charge in [0.15, 0.2) is 0 Å². The summed E-state index contributed by atoms with van der Waals surface area (Å²) in [6.07, 6.45) is 0. The summed E-state index contributed by atoms with van der Waals surface area (Å²) < 4.78 is 1.71. The molecule has 0 fully saturated rings. The Kier molecular flexibility index (Phi) is 8.13. The Morgan fingerprint density at radius 2 is 1.62 bits per heavy atom. The van der Waals surface area contributed by atoms with Crippen molar-refractivity contribution in [1.29, 1.82) is 0 Å². The van der Waals surface area contributed by atoms with Gasteiger partial charge in [-0.15, -0.1) is 0 Å². The third kappa shape index (κ3) is 6.43. The van der Waals surface area contributed by atoms with E-state index in [0.29, 0.717) is 11.4 Å². The summed E-state index contributed by atoms with van der Waals surface area (Å²) >= 11 is 0. The van der Waals surface area contributed by atoms with Gasteiger partial charge in [0.2, 0.25) is 5.91 Å². The highest BCUT2D eigenvalue weighted by Gasteiger charge is 2.25. The lowest BCUT2D eigenvalue weighted by molar-refractivity contribution is -0.385. The van der Waals surface area contributed by atoms with Crippen molar-refractivity contribution in [2.75, 3.05) is 11.9 Å². The first-order valence-electron chi connectivity index (χ1n) is 13.0. The highest BCUT2D eigenvalue weighted by atomic mass is 16.6. The molecule has 1 N–H and O–H groups in total. The smallest absolute Gasteiger partial charge is 0.273 e. The van der Waals surface area contributed by atoms with Gasteiger partial charge in [-0.2, -0.15) is 5.10 Å². The Bertz CT molecular complexity index is 1550. The van der Waals surface area contributed by atoms with Gasteiger partial charge >= 0.3 is 0 Å². The van der Waals surface area contributed by atoms with Crippen LogP contribution in [-0.2, 0) is 16.8 Å². The zero-order chi connectivity index (χ0) is 29.0. The molecule has 0 aliphatic rings. The molecule has 9 nitrogen and oxygen atoms in total. The summed E-state index contributed by atoms with van der Waals surface area (Å²) in [6, 6.07) is 23.2. The zero-order valence-corrected chi connectivity index (χ0v) is 23.3. The van der Waals surface area contributed by atoms with Crippen molar-refractivity contribution in [3.8, 4) is 5.69 Å². The van der Waals surface area contributed by atoms with Gasteiger partial charge < -0.3 is 10.2 Å². The van der Waals surface area contributed by atoms with E-state index in [1.165, 1.54) is 11.0 Å². The number of aromatic nitrogens is 2. The Morgan fingerprint density at radius 3 is 2.27 bits per heavy atom. The molecule has 9 heteroatoms. The quantitative estimate of drug-likeness (QED) is 0.219. The molecule has 1 aromatic heterocycles. The lowest BCUT2D eigenvalue weighted by Crippen LogP contribution is -2.38. The van der Waals surface area contributed by atoms with Crippen LogP contribution in [0.15, 0.2) is 78.9 Å². The van der Waals surface area contributed by atoms with Crippen molar-refractivity contribution in [2.45, 2.75) is 46.6 Å². The molecule has 0 saturated heterocycles. The Labute approximate surface area is 233 Å². The minimum absolute atomic E-state index is 0.140. The van der Waals surface area contributed by atoms with E-state index in [1.807, 2.05) is 88.4 Å². The van der Waals surface area contributed by atoms with Crippen LogP contribution >= 0.6 is 0 Å². The molecule has 0 radical (unpaired) electrons. The third-order valence-corrected chi connectivity index (χ3v) is 6.58. The third-order valence-electron chi connectivity index (χ3n) is 6.58. The van der Waals surface area contributed by atoms with Gasteiger partial charge in [0.05, 0.1) is 16.3 Å². The van der Waals surface area contributed by atoms with Crippen LogP contribution in [0.2, 0.25) is 0 Å². The second-order valence-corrected chi connectivity index (χ2v) is 10.8. The Hall–Kier alpha value is -4.79. The number of aryl methyl sites for hydroxylation is 2. The van der Waals surface area contributed by atoms with E-state index in [1.54, 1.807) is 23.7 Å². The van der Waals surface area contributed by atoms with Crippen LogP contribution in [0.3, 0.4) is 0 Å². The maximum atomic E-state index is 13.6. The van der Waals surface area contributed by atoms with Gasteiger partial charge in [0, 0.05) is 35.2 Å². The van der Waals surface area contributed by atoms with E-state index < -0.39 is 16.7 Å². The second kappa shape index (κ2) is 11.5. The number of nitro benzene ring substituents is 1. The number of para-hydroxylation sites is 1. The number of amides is 2. The molecule has 206 valence electrons. The minimum atomic E-state index is -0.514. The summed E-state index contributed by atoms with van der Waals surface area (Å²) in [5.74, 6) is -0.409. The fourth-order valence-corrected chi connectivity index (χ4v) is 4.30. The molecule has 0 saturated carbocycles. The van der Waals surface area contributed by atoms with Crippen LogP contribution in [0.25, 0.3) is 5.69 Å². The topological polar surface area (TPSA) is 110 Å². The number of rotatable bonds is 8.